The van der Waals surface area contributed by atoms with Gasteiger partial charge in [0.05, 0.1) is 12.0 Å². The number of hydrogen-bond donors (Lipinski definition) is 0. The van der Waals surface area contributed by atoms with E-state index in [0.717, 1.165) is 6.08 Å². The van der Waals surface area contributed by atoms with Gasteiger partial charge in [-0.25, -0.2) is 4.39 Å². The van der Waals surface area contributed by atoms with E-state index in [2.05, 4.69) is 6.07 Å². The standard InChI is InChI=1S/C22H18ClF4NO/c1-21(2)16(11-19(23)22(25,26)27)20(21)15(12-28)13-8-9-17(24)18(10-13)29-14-6-4-3-5-7-14/h3-11,15-16,20H,1-2H3/b19-11-/t15-,16-,20+/m0/s1. The van der Waals surface area contributed by atoms with E-state index in [9.17, 15) is 22.8 Å². The van der Waals surface area contributed by atoms with Crippen LogP contribution < -0.4 is 4.74 Å². The van der Waals surface area contributed by atoms with Gasteiger partial charge in [0.2, 0.25) is 0 Å². The van der Waals surface area contributed by atoms with E-state index in [1.54, 1.807) is 44.2 Å². The molecule has 0 heterocycles. The molecule has 3 rings (SSSR count). The van der Waals surface area contributed by atoms with Gasteiger partial charge in [0.1, 0.15) is 10.8 Å². The monoisotopic (exact) mass is 423 g/mol. The molecule has 7 heteroatoms. The Morgan fingerprint density at radius 1 is 1.21 bits per heavy atom. The van der Waals surface area contributed by atoms with E-state index >= 15 is 0 Å². The van der Waals surface area contributed by atoms with Crippen molar-refractivity contribution in [3.63, 3.8) is 0 Å². The first-order valence-electron chi connectivity index (χ1n) is 8.92. The number of nitriles is 1. The van der Waals surface area contributed by atoms with Crippen molar-refractivity contribution in [3.8, 4) is 17.6 Å². The molecular formula is C22H18ClF4NO. The Kier molecular flexibility index (Phi) is 5.64. The normalized spacial score (nSPS) is 21.9. The number of para-hydroxylation sites is 1. The van der Waals surface area contributed by atoms with E-state index < -0.39 is 40.2 Å². The molecule has 1 fully saturated rings. The Labute approximate surface area is 171 Å². The molecular weight excluding hydrogens is 406 g/mol. The molecule has 0 amide bonds. The highest BCUT2D eigenvalue weighted by molar-refractivity contribution is 6.30. The number of ether oxygens (including phenoxy) is 1. The van der Waals surface area contributed by atoms with E-state index in [1.165, 1.54) is 18.2 Å². The summed E-state index contributed by atoms with van der Waals surface area (Å²) in [7, 11) is 0. The molecule has 0 spiro atoms. The van der Waals surface area contributed by atoms with Gasteiger partial charge in [0, 0.05) is 0 Å². The number of benzene rings is 2. The molecule has 1 aliphatic carbocycles. The summed E-state index contributed by atoms with van der Waals surface area (Å²) in [5.41, 5.74) is -0.0717. The second kappa shape index (κ2) is 7.72. The molecule has 2 aromatic carbocycles. The SMILES string of the molecule is CC1(C)[C@H]([C@@H](C#N)c2ccc(F)c(Oc3ccccc3)c2)[C@@H]1/C=C(\Cl)C(F)(F)F. The van der Waals surface area contributed by atoms with Crippen LogP contribution in [0, 0.1) is 34.4 Å². The van der Waals surface area contributed by atoms with Gasteiger partial charge in [-0.2, -0.15) is 18.4 Å². The predicted octanol–water partition coefficient (Wildman–Crippen LogP) is 7.18. The number of hydrogen-bond acceptors (Lipinski definition) is 2. The molecule has 3 atom stereocenters. The molecule has 1 aliphatic rings. The molecule has 0 radical (unpaired) electrons. The molecule has 0 saturated heterocycles. The lowest BCUT2D eigenvalue weighted by Gasteiger charge is -2.14. The Morgan fingerprint density at radius 2 is 1.86 bits per heavy atom. The molecule has 1 saturated carbocycles. The van der Waals surface area contributed by atoms with E-state index in [-0.39, 0.29) is 5.75 Å². The van der Waals surface area contributed by atoms with Crippen LogP contribution in [-0.4, -0.2) is 6.18 Å². The second-order valence-corrected chi connectivity index (χ2v) is 8.00. The maximum absolute atomic E-state index is 14.2. The number of halogens is 5. The predicted molar refractivity (Wildman–Crippen MR) is 102 cm³/mol. The molecule has 0 N–H and O–H groups in total. The zero-order chi connectivity index (χ0) is 21.4. The van der Waals surface area contributed by atoms with Crippen molar-refractivity contribution in [3.05, 3.63) is 71.0 Å². The number of allylic oxidation sites excluding steroid dienone is 2. The van der Waals surface area contributed by atoms with Crippen LogP contribution in [0.2, 0.25) is 0 Å². The van der Waals surface area contributed by atoms with Crippen LogP contribution in [0.1, 0.15) is 25.3 Å². The average Bonchev–Trinajstić information content (AvgIpc) is 3.18. The van der Waals surface area contributed by atoms with Crippen molar-refractivity contribution in [1.29, 1.82) is 5.26 Å². The molecule has 152 valence electrons. The minimum atomic E-state index is -4.63. The maximum Gasteiger partial charge on any atom is 0.426 e. The molecule has 0 aliphatic heterocycles. The van der Waals surface area contributed by atoms with Crippen LogP contribution in [0.5, 0.6) is 11.5 Å². The molecule has 0 aromatic heterocycles. The Morgan fingerprint density at radius 3 is 2.45 bits per heavy atom. The molecule has 0 unspecified atom stereocenters. The van der Waals surface area contributed by atoms with Crippen LogP contribution in [0.25, 0.3) is 0 Å². The number of rotatable bonds is 5. The summed E-state index contributed by atoms with van der Waals surface area (Å²) >= 11 is 5.40. The van der Waals surface area contributed by atoms with Crippen molar-refractivity contribution in [2.45, 2.75) is 25.9 Å². The molecule has 2 nitrogen and oxygen atoms in total. The fourth-order valence-electron chi connectivity index (χ4n) is 3.70. The van der Waals surface area contributed by atoms with Crippen molar-refractivity contribution >= 4 is 11.6 Å². The van der Waals surface area contributed by atoms with Gasteiger partial charge in [-0.3, -0.25) is 0 Å². The van der Waals surface area contributed by atoms with Crippen LogP contribution in [0.15, 0.2) is 59.6 Å². The number of alkyl halides is 3. The van der Waals surface area contributed by atoms with Gasteiger partial charge in [-0.15, -0.1) is 0 Å². The van der Waals surface area contributed by atoms with Crippen molar-refractivity contribution in [2.24, 2.45) is 17.3 Å². The van der Waals surface area contributed by atoms with Gasteiger partial charge < -0.3 is 4.74 Å². The third-order valence-corrected chi connectivity index (χ3v) is 5.72. The summed E-state index contributed by atoms with van der Waals surface area (Å²) in [6.45, 7) is 3.57. The van der Waals surface area contributed by atoms with Crippen LogP contribution in [0.3, 0.4) is 0 Å². The van der Waals surface area contributed by atoms with E-state index in [1.807, 2.05) is 0 Å². The molecule has 2 aromatic rings. The molecule has 0 bridgehead atoms. The third-order valence-electron chi connectivity index (χ3n) is 5.38. The van der Waals surface area contributed by atoms with Crippen LogP contribution in [0.4, 0.5) is 17.6 Å². The quantitative estimate of drug-likeness (QED) is 0.477. The highest BCUT2D eigenvalue weighted by Crippen LogP contribution is 2.65. The zero-order valence-electron chi connectivity index (χ0n) is 15.7. The third kappa shape index (κ3) is 4.40. The summed E-state index contributed by atoms with van der Waals surface area (Å²) < 4.78 is 58.2. The van der Waals surface area contributed by atoms with Gasteiger partial charge in [-0.05, 0) is 47.1 Å². The average molecular weight is 424 g/mol. The van der Waals surface area contributed by atoms with Gasteiger partial charge in [-0.1, -0.05) is 55.8 Å². The van der Waals surface area contributed by atoms with Crippen molar-refractivity contribution in [2.75, 3.05) is 0 Å². The Hall–Kier alpha value is -2.52. The van der Waals surface area contributed by atoms with Gasteiger partial charge in [0.25, 0.3) is 0 Å². The van der Waals surface area contributed by atoms with Gasteiger partial charge in [0.15, 0.2) is 11.6 Å². The highest BCUT2D eigenvalue weighted by atomic mass is 35.5. The highest BCUT2D eigenvalue weighted by Gasteiger charge is 2.60. The molecule has 29 heavy (non-hydrogen) atoms. The first-order valence-corrected chi connectivity index (χ1v) is 9.30. The first kappa shape index (κ1) is 21.2. The lowest BCUT2D eigenvalue weighted by Crippen LogP contribution is -2.08. The summed E-state index contributed by atoms with van der Waals surface area (Å²) in [6.07, 6.45) is -3.65. The first-order chi connectivity index (χ1) is 13.6. The topological polar surface area (TPSA) is 33.0 Å². The summed E-state index contributed by atoms with van der Waals surface area (Å²) in [4.78, 5) is 0. The minimum absolute atomic E-state index is 0.0483. The zero-order valence-corrected chi connectivity index (χ0v) is 16.4. The fourth-order valence-corrected chi connectivity index (χ4v) is 3.83. The Balaban J connectivity index is 1.89. The Bertz CT molecular complexity index is 963. The minimum Gasteiger partial charge on any atom is -0.454 e. The number of nitrogens with zero attached hydrogens (tertiary/aromatic N) is 1. The van der Waals surface area contributed by atoms with Gasteiger partial charge >= 0.3 is 6.18 Å². The van der Waals surface area contributed by atoms with Crippen molar-refractivity contribution in [1.82, 2.24) is 0 Å². The second-order valence-electron chi connectivity index (χ2n) is 7.60. The lowest BCUT2D eigenvalue weighted by atomic mass is 9.91. The lowest BCUT2D eigenvalue weighted by molar-refractivity contribution is -0.0848. The largest absolute Gasteiger partial charge is 0.454 e. The summed E-state index contributed by atoms with van der Waals surface area (Å²) in [5.74, 6) is -1.86. The summed E-state index contributed by atoms with van der Waals surface area (Å²) in [6, 6.07) is 14.8. The van der Waals surface area contributed by atoms with Crippen LogP contribution >= 0.6 is 11.6 Å². The van der Waals surface area contributed by atoms with Crippen LogP contribution in [-0.2, 0) is 0 Å². The smallest absolute Gasteiger partial charge is 0.426 e. The maximum atomic E-state index is 14.2. The fraction of sp³-hybridized carbons (Fsp3) is 0.318. The summed E-state index contributed by atoms with van der Waals surface area (Å²) in [5, 5.41) is 8.53. The van der Waals surface area contributed by atoms with E-state index in [4.69, 9.17) is 16.3 Å². The van der Waals surface area contributed by atoms with E-state index in [0.29, 0.717) is 11.3 Å². The van der Waals surface area contributed by atoms with Crippen molar-refractivity contribution < 1.29 is 22.3 Å².